The number of halogens is 3. The fourth-order valence-electron chi connectivity index (χ4n) is 3.17. The van der Waals surface area contributed by atoms with Gasteiger partial charge >= 0.3 is 6.18 Å². The summed E-state index contributed by atoms with van der Waals surface area (Å²) in [6, 6.07) is 16.8. The summed E-state index contributed by atoms with van der Waals surface area (Å²) in [6.07, 6.45) is -4.53. The Morgan fingerprint density at radius 3 is 2.25 bits per heavy atom. The molecular formula is C21H16F3N3O. The number of pyridine rings is 1. The molecule has 0 radical (unpaired) electrons. The summed E-state index contributed by atoms with van der Waals surface area (Å²) in [7, 11) is 1.53. The summed E-state index contributed by atoms with van der Waals surface area (Å²) >= 11 is 0. The van der Waals surface area contributed by atoms with E-state index in [1.54, 1.807) is 55.5 Å². The molecule has 4 aromatic rings. The Kier molecular flexibility index (Phi) is 4.30. The normalized spacial score (nSPS) is 11.8. The molecule has 0 bridgehead atoms. The molecule has 2 heterocycles. The molecule has 2 aromatic heterocycles. The fourth-order valence-corrected chi connectivity index (χ4v) is 3.17. The summed E-state index contributed by atoms with van der Waals surface area (Å²) in [4.78, 5) is 4.53. The molecule has 4 rings (SSSR count). The lowest BCUT2D eigenvalue weighted by molar-refractivity contribution is -0.136. The van der Waals surface area contributed by atoms with E-state index in [2.05, 4.69) is 10.1 Å². The molecule has 0 aliphatic heterocycles. The molecule has 0 N–H and O–H groups in total. The minimum atomic E-state index is -4.53. The molecule has 0 saturated heterocycles. The molecule has 0 aliphatic carbocycles. The molecule has 0 amide bonds. The van der Waals surface area contributed by atoms with Gasteiger partial charge in [0, 0.05) is 5.56 Å². The second-order valence-electron chi connectivity index (χ2n) is 6.31. The van der Waals surface area contributed by atoms with Gasteiger partial charge in [-0.3, -0.25) is 0 Å². The van der Waals surface area contributed by atoms with Crippen molar-refractivity contribution in [2.75, 3.05) is 7.11 Å². The van der Waals surface area contributed by atoms with Gasteiger partial charge in [-0.15, -0.1) is 0 Å². The largest absolute Gasteiger partial charge is 0.497 e. The molecule has 142 valence electrons. The molecule has 0 unspecified atom stereocenters. The van der Waals surface area contributed by atoms with E-state index in [0.717, 1.165) is 6.07 Å². The molecule has 0 aliphatic rings. The number of ether oxygens (including phenoxy) is 1. The Bertz CT molecular complexity index is 1130. The maximum Gasteiger partial charge on any atom is 0.417 e. The van der Waals surface area contributed by atoms with Crippen LogP contribution in [0.25, 0.3) is 28.0 Å². The van der Waals surface area contributed by atoms with Crippen molar-refractivity contribution < 1.29 is 17.9 Å². The molecule has 7 heteroatoms. The Labute approximate surface area is 159 Å². The predicted molar refractivity (Wildman–Crippen MR) is 101 cm³/mol. The van der Waals surface area contributed by atoms with Gasteiger partial charge in [-0.05, 0) is 49.4 Å². The standard InChI is InChI=1S/C21H16F3N3O/c1-13-19-17(21(22,23)24)12-18(14-8-10-16(28-2)11-9-14)25-20(19)27(26-13)15-6-4-3-5-7-15/h3-12H,1-2H3. The Morgan fingerprint density at radius 1 is 0.964 bits per heavy atom. The first kappa shape index (κ1) is 18.0. The molecule has 0 fully saturated rings. The van der Waals surface area contributed by atoms with E-state index >= 15 is 0 Å². The third-order valence-electron chi connectivity index (χ3n) is 4.50. The van der Waals surface area contributed by atoms with Crippen molar-refractivity contribution in [3.05, 3.63) is 71.9 Å². The highest BCUT2D eigenvalue weighted by molar-refractivity contribution is 5.87. The summed E-state index contributed by atoms with van der Waals surface area (Å²) in [5.74, 6) is 0.617. The van der Waals surface area contributed by atoms with Gasteiger partial charge < -0.3 is 4.74 Å². The first-order valence-corrected chi connectivity index (χ1v) is 8.56. The number of fused-ring (bicyclic) bond motifs is 1. The fraction of sp³-hybridized carbons (Fsp3) is 0.143. The Balaban J connectivity index is 2.02. The highest BCUT2D eigenvalue weighted by Gasteiger charge is 2.35. The van der Waals surface area contributed by atoms with Crippen LogP contribution in [0.4, 0.5) is 13.2 Å². The maximum atomic E-state index is 13.8. The Morgan fingerprint density at radius 2 is 1.64 bits per heavy atom. The SMILES string of the molecule is COc1ccc(-c2cc(C(F)(F)F)c3c(C)nn(-c4ccccc4)c3n2)cc1. The van der Waals surface area contributed by atoms with Crippen LogP contribution in [0.3, 0.4) is 0 Å². The van der Waals surface area contributed by atoms with E-state index in [1.165, 1.54) is 11.8 Å². The number of methoxy groups -OCH3 is 1. The smallest absolute Gasteiger partial charge is 0.417 e. The van der Waals surface area contributed by atoms with Gasteiger partial charge in [0.1, 0.15) is 5.75 Å². The van der Waals surface area contributed by atoms with Gasteiger partial charge in [0.15, 0.2) is 5.65 Å². The van der Waals surface area contributed by atoms with E-state index in [9.17, 15) is 13.2 Å². The van der Waals surface area contributed by atoms with Crippen molar-refractivity contribution in [2.24, 2.45) is 0 Å². The van der Waals surface area contributed by atoms with Crippen molar-refractivity contribution in [3.8, 4) is 22.7 Å². The van der Waals surface area contributed by atoms with Crippen LogP contribution in [0.15, 0.2) is 60.7 Å². The molecule has 2 aromatic carbocycles. The zero-order valence-corrected chi connectivity index (χ0v) is 15.2. The van der Waals surface area contributed by atoms with Crippen LogP contribution < -0.4 is 4.74 Å². The van der Waals surface area contributed by atoms with Crippen LogP contribution >= 0.6 is 0 Å². The summed E-state index contributed by atoms with van der Waals surface area (Å²) in [6.45, 7) is 1.56. The van der Waals surface area contributed by atoms with Crippen LogP contribution in [-0.4, -0.2) is 21.9 Å². The second kappa shape index (κ2) is 6.67. The zero-order chi connectivity index (χ0) is 19.9. The molecule has 4 nitrogen and oxygen atoms in total. The number of nitrogens with zero attached hydrogens (tertiary/aromatic N) is 3. The highest BCUT2D eigenvalue weighted by Crippen LogP contribution is 2.38. The lowest BCUT2D eigenvalue weighted by atomic mass is 10.0. The number of benzene rings is 2. The van der Waals surface area contributed by atoms with Gasteiger partial charge in [-0.25, -0.2) is 9.67 Å². The summed E-state index contributed by atoms with van der Waals surface area (Å²) < 4.78 is 48.1. The van der Waals surface area contributed by atoms with Crippen LogP contribution in [0, 0.1) is 6.92 Å². The van der Waals surface area contributed by atoms with Gasteiger partial charge in [0.25, 0.3) is 0 Å². The minimum absolute atomic E-state index is 0.00798. The molecule has 0 spiro atoms. The number of para-hydroxylation sites is 1. The monoisotopic (exact) mass is 383 g/mol. The van der Waals surface area contributed by atoms with Gasteiger partial charge in [-0.2, -0.15) is 18.3 Å². The van der Waals surface area contributed by atoms with Crippen LogP contribution in [0.5, 0.6) is 5.75 Å². The average molecular weight is 383 g/mol. The highest BCUT2D eigenvalue weighted by atomic mass is 19.4. The number of hydrogen-bond acceptors (Lipinski definition) is 3. The van der Waals surface area contributed by atoms with Gasteiger partial charge in [-0.1, -0.05) is 18.2 Å². The maximum absolute atomic E-state index is 13.8. The average Bonchev–Trinajstić information content (AvgIpc) is 3.04. The van der Waals surface area contributed by atoms with Gasteiger partial charge in [0.2, 0.25) is 0 Å². The van der Waals surface area contributed by atoms with Crippen LogP contribution in [-0.2, 0) is 6.18 Å². The minimum Gasteiger partial charge on any atom is -0.497 e. The van der Waals surface area contributed by atoms with E-state index in [1.807, 2.05) is 6.07 Å². The second-order valence-corrected chi connectivity index (χ2v) is 6.31. The van der Waals surface area contributed by atoms with E-state index in [-0.39, 0.29) is 22.4 Å². The quantitative estimate of drug-likeness (QED) is 0.474. The number of aryl methyl sites for hydroxylation is 1. The summed E-state index contributed by atoms with van der Waals surface area (Å²) in [5, 5.41) is 4.34. The van der Waals surface area contributed by atoms with E-state index in [4.69, 9.17) is 4.74 Å². The topological polar surface area (TPSA) is 39.9 Å². The third kappa shape index (κ3) is 3.09. The van der Waals surface area contributed by atoms with Crippen molar-refractivity contribution in [1.82, 2.24) is 14.8 Å². The zero-order valence-electron chi connectivity index (χ0n) is 15.2. The molecule has 0 atom stereocenters. The van der Waals surface area contributed by atoms with Crippen LogP contribution in [0.2, 0.25) is 0 Å². The molecule has 0 saturated carbocycles. The predicted octanol–water partition coefficient (Wildman–Crippen LogP) is 5.42. The summed E-state index contributed by atoms with van der Waals surface area (Å²) in [5.41, 5.74) is 1.13. The lowest BCUT2D eigenvalue weighted by Crippen LogP contribution is -2.08. The van der Waals surface area contributed by atoms with Crippen molar-refractivity contribution >= 4 is 11.0 Å². The third-order valence-corrected chi connectivity index (χ3v) is 4.50. The number of alkyl halides is 3. The number of rotatable bonds is 3. The first-order chi connectivity index (χ1) is 13.4. The number of hydrogen-bond donors (Lipinski definition) is 0. The van der Waals surface area contributed by atoms with Crippen LogP contribution in [0.1, 0.15) is 11.3 Å². The lowest BCUT2D eigenvalue weighted by Gasteiger charge is -2.12. The number of aromatic nitrogens is 3. The molecule has 28 heavy (non-hydrogen) atoms. The Hall–Kier alpha value is -3.35. The van der Waals surface area contributed by atoms with Crippen molar-refractivity contribution in [1.29, 1.82) is 0 Å². The molecular weight excluding hydrogens is 367 g/mol. The first-order valence-electron chi connectivity index (χ1n) is 8.56. The van der Waals surface area contributed by atoms with Crippen molar-refractivity contribution in [2.45, 2.75) is 13.1 Å². The van der Waals surface area contributed by atoms with E-state index < -0.39 is 11.7 Å². The van der Waals surface area contributed by atoms with Crippen molar-refractivity contribution in [3.63, 3.8) is 0 Å². The van der Waals surface area contributed by atoms with Gasteiger partial charge in [0.05, 0.1) is 35.1 Å². The van der Waals surface area contributed by atoms with E-state index in [0.29, 0.717) is 17.0 Å².